The highest BCUT2D eigenvalue weighted by Gasteiger charge is 2.19. The van der Waals surface area contributed by atoms with Crippen molar-refractivity contribution in [3.63, 3.8) is 0 Å². The maximum atomic E-state index is 11.6. The van der Waals surface area contributed by atoms with Crippen LogP contribution in [-0.2, 0) is 16.1 Å². The van der Waals surface area contributed by atoms with E-state index in [4.69, 9.17) is 28.9 Å². The van der Waals surface area contributed by atoms with E-state index < -0.39 is 0 Å². The zero-order chi connectivity index (χ0) is 13.1. The van der Waals surface area contributed by atoms with Gasteiger partial charge >= 0.3 is 0 Å². The zero-order valence-electron chi connectivity index (χ0n) is 8.98. The number of nitrogens with two attached hydrogens (primary N) is 1. The predicted octanol–water partition coefficient (Wildman–Crippen LogP) is 3.17. The molecule has 18 heavy (non-hydrogen) atoms. The molecular weight excluding hydrogens is 295 g/mol. The van der Waals surface area contributed by atoms with Crippen LogP contribution >= 0.6 is 23.2 Å². The molecule has 8 heteroatoms. The molecule has 1 aromatic rings. The fourth-order valence-corrected chi connectivity index (χ4v) is 2.49. The molecule has 0 atom stereocenters. The Kier molecular flexibility index (Phi) is 4.13. The number of hydrogen-bond acceptors (Lipinski definition) is 4. The standard InChI is InChI=1S/C10H8Cl2N4OS/c11-5-4-6(12)9-10(16-18-15-9)8(5)14-7(17)2-1-3-13/h1-2,4H,3,13H2,(H,14,17)/b2-1+. The molecule has 3 N–H and O–H groups in total. The third-order valence-corrected chi connectivity index (χ3v) is 3.21. The molecular formula is C10H8Cl2N4OS. The highest BCUT2D eigenvalue weighted by atomic mass is 35.5. The minimum absolute atomic E-state index is 0.287. The van der Waals surface area contributed by atoms with E-state index in [9.17, 15) is 4.79 Å². The van der Waals surface area contributed by atoms with Gasteiger partial charge in [-0.2, -0.15) is 8.73 Å². The van der Waals surface area contributed by atoms with Crippen LogP contribution < -0.4 is 11.1 Å². The molecule has 1 amide bonds. The van der Waals surface area contributed by atoms with Gasteiger partial charge in [-0.15, -0.1) is 0 Å². The number of nitrogens with one attached hydrogen (secondary N) is 1. The Morgan fingerprint density at radius 2 is 2.11 bits per heavy atom. The summed E-state index contributed by atoms with van der Waals surface area (Å²) in [7, 11) is 0. The second-order valence-electron chi connectivity index (χ2n) is 3.30. The monoisotopic (exact) mass is 302 g/mol. The fraction of sp³-hybridized carbons (Fsp3) is 0.100. The van der Waals surface area contributed by atoms with Gasteiger partial charge in [0.2, 0.25) is 5.91 Å². The lowest BCUT2D eigenvalue weighted by molar-refractivity contribution is -0.111. The molecule has 0 aromatic heterocycles. The number of hydrogen-bond donors (Lipinski definition) is 2. The second kappa shape index (κ2) is 5.62. The molecule has 2 rings (SSSR count). The lowest BCUT2D eigenvalue weighted by Crippen LogP contribution is -2.09. The Hall–Kier alpha value is -1.21. The Balaban J connectivity index is 2.35. The van der Waals surface area contributed by atoms with E-state index >= 15 is 0 Å². The van der Waals surface area contributed by atoms with E-state index in [0.717, 1.165) is 11.4 Å². The first-order chi connectivity index (χ1) is 8.63. The Labute approximate surface area is 117 Å². The minimum Gasteiger partial charge on any atom is -0.327 e. The van der Waals surface area contributed by atoms with Crippen LogP contribution in [0.4, 0.5) is 17.1 Å². The number of fused-ring (bicyclic) bond motifs is 1. The fourth-order valence-electron chi connectivity index (χ4n) is 1.33. The quantitative estimate of drug-likeness (QED) is 0.854. The molecule has 0 spiro atoms. The topological polar surface area (TPSA) is 79.8 Å². The van der Waals surface area contributed by atoms with Crippen molar-refractivity contribution in [1.82, 2.24) is 0 Å². The molecule has 0 radical (unpaired) electrons. The molecule has 0 fully saturated rings. The summed E-state index contributed by atoms with van der Waals surface area (Å²) in [6.45, 7) is 0.287. The number of halogens is 2. The lowest BCUT2D eigenvalue weighted by atomic mass is 10.2. The maximum Gasteiger partial charge on any atom is 0.248 e. The number of carbonyl (C=O) groups is 1. The highest BCUT2D eigenvalue weighted by molar-refractivity contribution is 7.58. The van der Waals surface area contributed by atoms with Gasteiger partial charge in [-0.05, 0) is 6.07 Å². The average molecular weight is 303 g/mol. The van der Waals surface area contributed by atoms with E-state index in [1.54, 1.807) is 0 Å². The minimum atomic E-state index is -0.334. The number of carbonyl (C=O) groups excluding carboxylic acids is 1. The van der Waals surface area contributed by atoms with Gasteiger partial charge in [-0.3, -0.25) is 4.79 Å². The van der Waals surface area contributed by atoms with E-state index in [2.05, 4.69) is 14.0 Å². The number of amides is 1. The molecule has 1 aliphatic heterocycles. The molecule has 0 bridgehead atoms. The summed E-state index contributed by atoms with van der Waals surface area (Å²) in [6, 6.07) is 1.52. The van der Waals surface area contributed by atoms with E-state index in [-0.39, 0.29) is 12.5 Å². The predicted molar refractivity (Wildman–Crippen MR) is 74.8 cm³/mol. The van der Waals surface area contributed by atoms with Gasteiger partial charge < -0.3 is 11.1 Å². The molecule has 0 aliphatic carbocycles. The first kappa shape index (κ1) is 13.2. The van der Waals surface area contributed by atoms with Gasteiger partial charge in [-0.1, -0.05) is 29.3 Å². The second-order valence-corrected chi connectivity index (χ2v) is 4.65. The molecule has 0 saturated carbocycles. The summed E-state index contributed by atoms with van der Waals surface area (Å²) in [5.74, 6) is -0.334. The molecule has 1 aromatic carbocycles. The highest BCUT2D eigenvalue weighted by Crippen LogP contribution is 2.47. The SMILES string of the molecule is NC/C=C/C(=O)Nc1c(Cl)cc(Cl)c2c1N=S=N2. The number of nitrogens with zero attached hydrogens (tertiary/aromatic N) is 2. The Morgan fingerprint density at radius 1 is 1.39 bits per heavy atom. The van der Waals surface area contributed by atoms with Gasteiger partial charge in [0, 0.05) is 12.6 Å². The van der Waals surface area contributed by atoms with Crippen LogP contribution in [-0.4, -0.2) is 12.5 Å². The van der Waals surface area contributed by atoms with Crippen molar-refractivity contribution in [2.45, 2.75) is 0 Å². The molecule has 0 saturated heterocycles. The summed E-state index contributed by atoms with van der Waals surface area (Å²) in [6.07, 6.45) is 2.87. The summed E-state index contributed by atoms with van der Waals surface area (Å²) < 4.78 is 8.11. The van der Waals surface area contributed by atoms with Crippen molar-refractivity contribution in [2.75, 3.05) is 11.9 Å². The van der Waals surface area contributed by atoms with Crippen LogP contribution in [0.25, 0.3) is 0 Å². The third kappa shape index (κ3) is 2.62. The average Bonchev–Trinajstić information content (AvgIpc) is 2.81. The van der Waals surface area contributed by atoms with Crippen molar-refractivity contribution < 1.29 is 4.79 Å². The summed E-state index contributed by atoms with van der Waals surface area (Å²) in [5.41, 5.74) is 6.66. The Morgan fingerprint density at radius 3 is 2.83 bits per heavy atom. The van der Waals surface area contributed by atoms with Crippen molar-refractivity contribution in [1.29, 1.82) is 0 Å². The van der Waals surface area contributed by atoms with Crippen molar-refractivity contribution in [2.24, 2.45) is 14.5 Å². The van der Waals surface area contributed by atoms with Crippen LogP contribution in [0.15, 0.2) is 26.9 Å². The van der Waals surface area contributed by atoms with Crippen LogP contribution in [0.3, 0.4) is 0 Å². The lowest BCUT2D eigenvalue weighted by Gasteiger charge is -2.09. The largest absolute Gasteiger partial charge is 0.327 e. The Bertz CT molecular complexity index is 608. The zero-order valence-corrected chi connectivity index (χ0v) is 11.3. The molecule has 1 heterocycles. The smallest absolute Gasteiger partial charge is 0.248 e. The van der Waals surface area contributed by atoms with Gasteiger partial charge in [0.15, 0.2) is 0 Å². The van der Waals surface area contributed by atoms with Gasteiger partial charge in [0.25, 0.3) is 0 Å². The van der Waals surface area contributed by atoms with Crippen molar-refractivity contribution in [3.05, 3.63) is 28.3 Å². The van der Waals surface area contributed by atoms with Crippen LogP contribution in [0.5, 0.6) is 0 Å². The molecule has 94 valence electrons. The first-order valence-corrected chi connectivity index (χ1v) is 6.40. The normalized spacial score (nSPS) is 12.6. The van der Waals surface area contributed by atoms with Crippen LogP contribution in [0.1, 0.15) is 0 Å². The van der Waals surface area contributed by atoms with E-state index in [0.29, 0.717) is 27.1 Å². The van der Waals surface area contributed by atoms with Crippen molar-refractivity contribution in [3.8, 4) is 0 Å². The number of rotatable bonds is 3. The molecule has 5 nitrogen and oxygen atoms in total. The number of anilines is 1. The van der Waals surface area contributed by atoms with Gasteiger partial charge in [-0.25, -0.2) is 0 Å². The third-order valence-electron chi connectivity index (χ3n) is 2.10. The van der Waals surface area contributed by atoms with Gasteiger partial charge in [0.1, 0.15) is 11.4 Å². The van der Waals surface area contributed by atoms with E-state index in [1.165, 1.54) is 18.2 Å². The number of benzene rings is 1. The van der Waals surface area contributed by atoms with Crippen LogP contribution in [0, 0.1) is 0 Å². The molecule has 0 unspecified atom stereocenters. The first-order valence-electron chi connectivity index (χ1n) is 4.91. The maximum absolute atomic E-state index is 11.6. The van der Waals surface area contributed by atoms with Gasteiger partial charge in [0.05, 0.1) is 27.1 Å². The van der Waals surface area contributed by atoms with Crippen LogP contribution in [0.2, 0.25) is 10.0 Å². The summed E-state index contributed by atoms with van der Waals surface area (Å²) in [5, 5.41) is 3.35. The summed E-state index contributed by atoms with van der Waals surface area (Å²) in [4.78, 5) is 11.6. The van der Waals surface area contributed by atoms with E-state index in [1.807, 2.05) is 0 Å². The summed E-state index contributed by atoms with van der Waals surface area (Å²) >= 11 is 13.0. The van der Waals surface area contributed by atoms with Crippen molar-refractivity contribution >= 4 is 57.5 Å². The molecule has 1 aliphatic rings.